The van der Waals surface area contributed by atoms with E-state index in [1.807, 2.05) is 37.6 Å². The summed E-state index contributed by atoms with van der Waals surface area (Å²) in [7, 11) is 0. The van der Waals surface area contributed by atoms with Crippen LogP contribution < -0.4 is 0 Å². The minimum Gasteiger partial charge on any atom is -0.303 e. The Morgan fingerprint density at radius 3 is 2.75 bits per heavy atom. The molecule has 0 aliphatic rings. The van der Waals surface area contributed by atoms with Gasteiger partial charge in [-0.15, -0.1) is 0 Å². The van der Waals surface area contributed by atoms with Crippen LogP contribution in [-0.2, 0) is 0 Å². The zero-order valence-corrected chi connectivity index (χ0v) is 7.65. The van der Waals surface area contributed by atoms with Gasteiger partial charge in [-0.05, 0) is 6.92 Å². The average molecular weight is 163 g/mol. The van der Waals surface area contributed by atoms with Crippen LogP contribution in [0.3, 0.4) is 0 Å². The minimum absolute atomic E-state index is 1.01. The third-order valence-electron chi connectivity index (χ3n) is 1.53. The van der Waals surface area contributed by atoms with E-state index in [0.717, 1.165) is 11.2 Å². The first-order chi connectivity index (χ1) is 5.88. The second kappa shape index (κ2) is 3.85. The van der Waals surface area contributed by atoms with Crippen LogP contribution in [0.1, 0.15) is 19.5 Å². The standard InChI is InChI=1S/C7H7N3.C2H6/c1-6-7-4-8-5-10(7)3-2-9-6;1-2/h2-5H,1H3;1-2H3. The molecule has 0 spiro atoms. The Morgan fingerprint density at radius 1 is 1.33 bits per heavy atom. The van der Waals surface area contributed by atoms with Crippen LogP contribution in [0.15, 0.2) is 24.9 Å². The molecule has 0 saturated carbocycles. The lowest BCUT2D eigenvalue weighted by Gasteiger charge is -1.93. The first kappa shape index (κ1) is 8.71. The van der Waals surface area contributed by atoms with Gasteiger partial charge in [0.1, 0.15) is 0 Å². The molecule has 0 aliphatic carbocycles. The van der Waals surface area contributed by atoms with E-state index in [1.165, 1.54) is 0 Å². The number of hydrogen-bond donors (Lipinski definition) is 0. The zero-order chi connectivity index (χ0) is 8.97. The molecule has 12 heavy (non-hydrogen) atoms. The van der Waals surface area contributed by atoms with Crippen molar-refractivity contribution in [2.75, 3.05) is 0 Å². The third-order valence-corrected chi connectivity index (χ3v) is 1.53. The molecule has 2 aromatic rings. The molecular formula is C9H13N3. The number of fused-ring (bicyclic) bond motifs is 1. The lowest BCUT2D eigenvalue weighted by molar-refractivity contribution is 1.08. The van der Waals surface area contributed by atoms with E-state index in [-0.39, 0.29) is 0 Å². The van der Waals surface area contributed by atoms with Crippen molar-refractivity contribution < 1.29 is 0 Å². The van der Waals surface area contributed by atoms with E-state index in [1.54, 1.807) is 12.5 Å². The van der Waals surface area contributed by atoms with Gasteiger partial charge in [0.25, 0.3) is 0 Å². The molecule has 0 atom stereocenters. The number of aromatic nitrogens is 3. The number of imidazole rings is 1. The monoisotopic (exact) mass is 163 g/mol. The van der Waals surface area contributed by atoms with Crippen molar-refractivity contribution >= 4 is 5.52 Å². The third kappa shape index (κ3) is 1.44. The first-order valence-electron chi connectivity index (χ1n) is 4.11. The van der Waals surface area contributed by atoms with Gasteiger partial charge in [-0.2, -0.15) is 0 Å². The quantitative estimate of drug-likeness (QED) is 0.595. The molecule has 2 heterocycles. The average Bonchev–Trinajstić information content (AvgIpc) is 2.57. The van der Waals surface area contributed by atoms with Crippen LogP contribution in [0.25, 0.3) is 5.52 Å². The number of hydrogen-bond acceptors (Lipinski definition) is 2. The Hall–Kier alpha value is -1.38. The Kier molecular flexibility index (Phi) is 2.80. The lowest BCUT2D eigenvalue weighted by atomic mass is 10.4. The normalized spacial score (nSPS) is 9.25. The molecular weight excluding hydrogens is 150 g/mol. The summed E-state index contributed by atoms with van der Waals surface area (Å²) in [5.41, 5.74) is 2.09. The molecule has 0 amide bonds. The van der Waals surface area contributed by atoms with Crippen molar-refractivity contribution in [3.8, 4) is 0 Å². The molecule has 2 rings (SSSR count). The van der Waals surface area contributed by atoms with E-state index in [9.17, 15) is 0 Å². The number of rotatable bonds is 0. The van der Waals surface area contributed by atoms with Crippen molar-refractivity contribution in [1.29, 1.82) is 0 Å². The molecule has 0 saturated heterocycles. The first-order valence-corrected chi connectivity index (χ1v) is 4.11. The second-order valence-electron chi connectivity index (χ2n) is 2.20. The smallest absolute Gasteiger partial charge is 0.0993 e. The highest BCUT2D eigenvalue weighted by atomic mass is 15.0. The summed E-state index contributed by atoms with van der Waals surface area (Å²) in [6.45, 7) is 5.97. The van der Waals surface area contributed by atoms with Crippen LogP contribution in [0, 0.1) is 6.92 Å². The van der Waals surface area contributed by atoms with E-state index < -0.39 is 0 Å². The maximum Gasteiger partial charge on any atom is 0.0993 e. The Balaban J connectivity index is 0.000000336. The molecule has 0 bridgehead atoms. The van der Waals surface area contributed by atoms with Gasteiger partial charge in [0.2, 0.25) is 0 Å². The molecule has 0 unspecified atom stereocenters. The molecule has 0 N–H and O–H groups in total. The molecule has 0 radical (unpaired) electrons. The van der Waals surface area contributed by atoms with Crippen molar-refractivity contribution in [2.24, 2.45) is 0 Å². The summed E-state index contributed by atoms with van der Waals surface area (Å²) < 4.78 is 1.95. The molecule has 0 fully saturated rings. The molecule has 3 heteroatoms. The highest BCUT2D eigenvalue weighted by Gasteiger charge is 1.94. The molecule has 2 aromatic heterocycles. The highest BCUT2D eigenvalue weighted by Crippen LogP contribution is 2.03. The SMILES string of the molecule is CC.Cc1nccn2cncc12. The molecule has 0 aliphatic heterocycles. The summed E-state index contributed by atoms with van der Waals surface area (Å²) in [5, 5.41) is 0. The van der Waals surface area contributed by atoms with E-state index in [4.69, 9.17) is 0 Å². The van der Waals surface area contributed by atoms with Gasteiger partial charge < -0.3 is 4.40 Å². The maximum atomic E-state index is 4.12. The largest absolute Gasteiger partial charge is 0.303 e. The Labute approximate surface area is 72.1 Å². The van der Waals surface area contributed by atoms with Gasteiger partial charge in [0.15, 0.2) is 0 Å². The van der Waals surface area contributed by atoms with E-state index >= 15 is 0 Å². The van der Waals surface area contributed by atoms with Crippen molar-refractivity contribution in [1.82, 2.24) is 14.4 Å². The fourth-order valence-electron chi connectivity index (χ4n) is 0.987. The summed E-state index contributed by atoms with van der Waals surface area (Å²) >= 11 is 0. The van der Waals surface area contributed by atoms with Crippen molar-refractivity contribution in [2.45, 2.75) is 20.8 Å². The minimum atomic E-state index is 1.01. The number of nitrogens with zero attached hydrogens (tertiary/aromatic N) is 3. The summed E-state index contributed by atoms with van der Waals surface area (Å²) in [6.07, 6.45) is 7.23. The van der Waals surface area contributed by atoms with Crippen LogP contribution in [0.5, 0.6) is 0 Å². The second-order valence-corrected chi connectivity index (χ2v) is 2.20. The topological polar surface area (TPSA) is 30.2 Å². The fraction of sp³-hybridized carbons (Fsp3) is 0.333. The highest BCUT2D eigenvalue weighted by molar-refractivity contribution is 5.48. The van der Waals surface area contributed by atoms with Gasteiger partial charge in [-0.1, -0.05) is 13.8 Å². The van der Waals surface area contributed by atoms with Crippen LogP contribution in [-0.4, -0.2) is 14.4 Å². The van der Waals surface area contributed by atoms with E-state index in [0.29, 0.717) is 0 Å². The maximum absolute atomic E-state index is 4.12. The summed E-state index contributed by atoms with van der Waals surface area (Å²) in [6, 6.07) is 0. The van der Waals surface area contributed by atoms with Gasteiger partial charge in [0.05, 0.1) is 23.7 Å². The van der Waals surface area contributed by atoms with Crippen LogP contribution in [0.2, 0.25) is 0 Å². The molecule has 3 nitrogen and oxygen atoms in total. The van der Waals surface area contributed by atoms with Gasteiger partial charge in [-0.25, -0.2) is 4.98 Å². The Morgan fingerprint density at radius 2 is 2.08 bits per heavy atom. The Bertz CT molecular complexity index is 351. The lowest BCUT2D eigenvalue weighted by Crippen LogP contribution is -1.86. The van der Waals surface area contributed by atoms with E-state index in [2.05, 4.69) is 9.97 Å². The zero-order valence-electron chi connectivity index (χ0n) is 7.65. The predicted octanol–water partition coefficient (Wildman–Crippen LogP) is 2.06. The van der Waals surface area contributed by atoms with Crippen molar-refractivity contribution in [3.63, 3.8) is 0 Å². The van der Waals surface area contributed by atoms with Gasteiger partial charge in [0, 0.05) is 12.4 Å². The molecule has 64 valence electrons. The summed E-state index contributed by atoms with van der Waals surface area (Å²) in [4.78, 5) is 8.10. The fourth-order valence-corrected chi connectivity index (χ4v) is 0.987. The van der Waals surface area contributed by atoms with Crippen LogP contribution >= 0.6 is 0 Å². The predicted molar refractivity (Wildman–Crippen MR) is 49.1 cm³/mol. The summed E-state index contributed by atoms with van der Waals surface area (Å²) in [5.74, 6) is 0. The van der Waals surface area contributed by atoms with Crippen molar-refractivity contribution in [3.05, 3.63) is 30.6 Å². The van der Waals surface area contributed by atoms with Gasteiger partial charge >= 0.3 is 0 Å². The number of aryl methyl sites for hydroxylation is 1. The molecule has 0 aromatic carbocycles. The van der Waals surface area contributed by atoms with Gasteiger partial charge in [-0.3, -0.25) is 4.98 Å². The van der Waals surface area contributed by atoms with Crippen LogP contribution in [0.4, 0.5) is 0 Å².